The van der Waals surface area contributed by atoms with E-state index in [2.05, 4.69) is 27.8 Å². The molecule has 0 aliphatic carbocycles. The van der Waals surface area contributed by atoms with Gasteiger partial charge in [-0.05, 0) is 43.4 Å². The van der Waals surface area contributed by atoms with Crippen LogP contribution >= 0.6 is 11.3 Å². The number of nitrogens with zero attached hydrogens (tertiary/aromatic N) is 2. The highest BCUT2D eigenvalue weighted by Gasteiger charge is 2.26. The van der Waals surface area contributed by atoms with Crippen LogP contribution in [0.5, 0.6) is 0 Å². The smallest absolute Gasteiger partial charge is 0.251 e. The summed E-state index contributed by atoms with van der Waals surface area (Å²) < 4.78 is 0. The van der Waals surface area contributed by atoms with Crippen LogP contribution in [-0.4, -0.2) is 28.1 Å². The van der Waals surface area contributed by atoms with Gasteiger partial charge in [0.15, 0.2) is 0 Å². The number of unbranched alkanes of at least 4 members (excludes halogenated alkanes) is 1. The maximum Gasteiger partial charge on any atom is 0.251 e. The summed E-state index contributed by atoms with van der Waals surface area (Å²) >= 11 is 1.31. The summed E-state index contributed by atoms with van der Waals surface area (Å²) in [4.78, 5) is 25.6. The first-order valence-corrected chi connectivity index (χ1v) is 11.8. The fourth-order valence-corrected chi connectivity index (χ4v) is 3.98. The number of hydrogen-bond acceptors (Lipinski definition) is 5. The molecule has 7 heteroatoms. The van der Waals surface area contributed by atoms with E-state index in [4.69, 9.17) is 0 Å². The average Bonchev–Trinajstić information content (AvgIpc) is 3.24. The second-order valence-electron chi connectivity index (χ2n) is 8.26. The molecule has 1 atom stereocenters. The number of nitrogens with one attached hydrogen (secondary N) is 2. The summed E-state index contributed by atoms with van der Waals surface area (Å²) in [6, 6.07) is 14.9. The van der Waals surface area contributed by atoms with E-state index in [9.17, 15) is 9.59 Å². The van der Waals surface area contributed by atoms with Gasteiger partial charge in [0.25, 0.3) is 5.91 Å². The predicted molar refractivity (Wildman–Crippen MR) is 130 cm³/mol. The first kappa shape index (κ1) is 23.6. The standard InChI is InChI=1S/C25H30N4O2S/c1-5-6-7-18-10-14-19(15-11-18)22(30)26-21(16(2)3)23(31)27-25-29-28-24(32-25)20-12-8-17(4)9-13-20/h8-16,21H,5-7H2,1-4H3,(H,26,30)(H,27,29,31). The van der Waals surface area contributed by atoms with Gasteiger partial charge in [0.1, 0.15) is 11.0 Å². The molecule has 2 N–H and O–H groups in total. The lowest BCUT2D eigenvalue weighted by Gasteiger charge is -2.21. The Morgan fingerprint density at radius 2 is 1.69 bits per heavy atom. The zero-order chi connectivity index (χ0) is 23.1. The molecule has 2 amide bonds. The number of carbonyl (C=O) groups is 2. The van der Waals surface area contributed by atoms with Crippen molar-refractivity contribution >= 4 is 28.3 Å². The number of anilines is 1. The van der Waals surface area contributed by atoms with E-state index in [1.807, 2.05) is 69.3 Å². The van der Waals surface area contributed by atoms with E-state index in [-0.39, 0.29) is 17.7 Å². The Hall–Kier alpha value is -3.06. The molecule has 0 saturated heterocycles. The van der Waals surface area contributed by atoms with Crippen molar-refractivity contribution in [3.8, 4) is 10.6 Å². The molecule has 1 heterocycles. The molecule has 2 aromatic carbocycles. The number of aromatic nitrogens is 2. The van der Waals surface area contributed by atoms with Gasteiger partial charge in [-0.1, -0.05) is 80.5 Å². The number of benzene rings is 2. The quantitative estimate of drug-likeness (QED) is 0.466. The molecule has 0 aliphatic heterocycles. The third kappa shape index (κ3) is 6.23. The van der Waals surface area contributed by atoms with Crippen LogP contribution in [0.2, 0.25) is 0 Å². The maximum absolute atomic E-state index is 12.9. The summed E-state index contributed by atoms with van der Waals surface area (Å²) in [5.41, 5.74) is 3.87. The molecule has 3 aromatic rings. The topological polar surface area (TPSA) is 84.0 Å². The van der Waals surface area contributed by atoms with E-state index in [1.54, 1.807) is 0 Å². The molecule has 0 saturated carbocycles. The minimum Gasteiger partial charge on any atom is -0.340 e. The van der Waals surface area contributed by atoms with Crippen molar-refractivity contribution in [2.75, 3.05) is 5.32 Å². The Balaban J connectivity index is 1.64. The molecule has 1 aromatic heterocycles. The summed E-state index contributed by atoms with van der Waals surface area (Å²) in [5.74, 6) is -0.662. The van der Waals surface area contributed by atoms with Crippen molar-refractivity contribution in [3.63, 3.8) is 0 Å². The van der Waals surface area contributed by atoms with Gasteiger partial charge < -0.3 is 5.32 Å². The van der Waals surface area contributed by atoms with E-state index in [1.165, 1.54) is 16.9 Å². The van der Waals surface area contributed by atoms with Crippen LogP contribution in [0.1, 0.15) is 55.1 Å². The molecular weight excluding hydrogens is 420 g/mol. The van der Waals surface area contributed by atoms with Crippen LogP contribution in [0, 0.1) is 12.8 Å². The first-order chi connectivity index (χ1) is 15.4. The molecule has 168 valence electrons. The first-order valence-electron chi connectivity index (χ1n) is 11.0. The normalized spacial score (nSPS) is 11.9. The van der Waals surface area contributed by atoms with E-state index >= 15 is 0 Å². The maximum atomic E-state index is 12.9. The van der Waals surface area contributed by atoms with E-state index in [0.717, 1.165) is 35.4 Å². The van der Waals surface area contributed by atoms with Crippen LogP contribution in [-0.2, 0) is 11.2 Å². The lowest BCUT2D eigenvalue weighted by Crippen LogP contribution is -2.47. The van der Waals surface area contributed by atoms with Crippen LogP contribution in [0.25, 0.3) is 10.6 Å². The van der Waals surface area contributed by atoms with Crippen molar-refractivity contribution < 1.29 is 9.59 Å². The van der Waals surface area contributed by atoms with Gasteiger partial charge in [-0.25, -0.2) is 0 Å². The van der Waals surface area contributed by atoms with Crippen molar-refractivity contribution in [2.45, 2.75) is 53.0 Å². The third-order valence-electron chi connectivity index (χ3n) is 5.22. The molecule has 0 bridgehead atoms. The molecule has 3 rings (SSSR count). The Kier molecular flexibility index (Phi) is 8.11. The number of carbonyl (C=O) groups excluding carboxylic acids is 2. The zero-order valence-corrected chi connectivity index (χ0v) is 19.8. The van der Waals surface area contributed by atoms with Crippen molar-refractivity contribution in [1.29, 1.82) is 0 Å². The molecule has 0 aliphatic rings. The summed E-state index contributed by atoms with van der Waals surface area (Å²) in [5, 5.41) is 15.1. The van der Waals surface area contributed by atoms with Crippen LogP contribution in [0.3, 0.4) is 0 Å². The Bertz CT molecular complexity index is 1040. The summed E-state index contributed by atoms with van der Waals surface area (Å²) in [6.07, 6.45) is 3.26. The molecule has 0 spiro atoms. The Morgan fingerprint density at radius 3 is 2.31 bits per heavy atom. The van der Waals surface area contributed by atoms with Gasteiger partial charge in [0.05, 0.1) is 0 Å². The number of hydrogen-bond donors (Lipinski definition) is 2. The molecule has 1 unspecified atom stereocenters. The summed E-state index contributed by atoms with van der Waals surface area (Å²) in [7, 11) is 0. The Labute approximate surface area is 193 Å². The minimum atomic E-state index is -0.686. The van der Waals surface area contributed by atoms with Crippen LogP contribution in [0.15, 0.2) is 48.5 Å². The van der Waals surface area contributed by atoms with Gasteiger partial charge in [-0.15, -0.1) is 10.2 Å². The van der Waals surface area contributed by atoms with Crippen molar-refractivity contribution in [2.24, 2.45) is 5.92 Å². The molecule has 0 radical (unpaired) electrons. The third-order valence-corrected chi connectivity index (χ3v) is 6.11. The highest BCUT2D eigenvalue weighted by molar-refractivity contribution is 7.18. The van der Waals surface area contributed by atoms with Gasteiger partial charge in [-0.3, -0.25) is 14.9 Å². The van der Waals surface area contributed by atoms with Crippen LogP contribution < -0.4 is 10.6 Å². The van der Waals surface area contributed by atoms with E-state index in [0.29, 0.717) is 10.7 Å². The Morgan fingerprint density at radius 1 is 1.00 bits per heavy atom. The number of amides is 2. The summed E-state index contributed by atoms with van der Waals surface area (Å²) in [6.45, 7) is 7.98. The van der Waals surface area contributed by atoms with Gasteiger partial charge in [-0.2, -0.15) is 0 Å². The second kappa shape index (κ2) is 11.0. The number of aryl methyl sites for hydroxylation is 2. The molecule has 0 fully saturated rings. The largest absolute Gasteiger partial charge is 0.340 e. The number of rotatable bonds is 9. The second-order valence-corrected chi connectivity index (χ2v) is 9.24. The SMILES string of the molecule is CCCCc1ccc(C(=O)NC(C(=O)Nc2nnc(-c3ccc(C)cc3)s2)C(C)C)cc1. The lowest BCUT2D eigenvalue weighted by molar-refractivity contribution is -0.118. The highest BCUT2D eigenvalue weighted by atomic mass is 32.1. The van der Waals surface area contributed by atoms with Crippen molar-refractivity contribution in [1.82, 2.24) is 15.5 Å². The predicted octanol–water partition coefficient (Wildman–Crippen LogP) is 5.25. The fourth-order valence-electron chi connectivity index (χ4n) is 3.23. The highest BCUT2D eigenvalue weighted by Crippen LogP contribution is 2.26. The van der Waals surface area contributed by atoms with Crippen LogP contribution in [0.4, 0.5) is 5.13 Å². The average molecular weight is 451 g/mol. The fraction of sp³-hybridized carbons (Fsp3) is 0.360. The molecule has 32 heavy (non-hydrogen) atoms. The monoisotopic (exact) mass is 450 g/mol. The van der Waals surface area contributed by atoms with Crippen molar-refractivity contribution in [3.05, 3.63) is 65.2 Å². The molecular formula is C25H30N4O2S. The minimum absolute atomic E-state index is 0.0905. The van der Waals surface area contributed by atoms with Gasteiger partial charge in [0.2, 0.25) is 11.0 Å². The molecule has 6 nitrogen and oxygen atoms in total. The lowest BCUT2D eigenvalue weighted by atomic mass is 10.0. The van der Waals surface area contributed by atoms with E-state index < -0.39 is 6.04 Å². The zero-order valence-electron chi connectivity index (χ0n) is 19.0. The van der Waals surface area contributed by atoms with Gasteiger partial charge >= 0.3 is 0 Å². The van der Waals surface area contributed by atoms with Gasteiger partial charge in [0, 0.05) is 11.1 Å².